The maximum Gasteiger partial charge on any atom is 0.0894 e. The summed E-state index contributed by atoms with van der Waals surface area (Å²) in [5.74, 6) is 0. The highest BCUT2D eigenvalue weighted by Crippen LogP contribution is 2.20. The predicted molar refractivity (Wildman–Crippen MR) is 43.2 cm³/mol. The van der Waals surface area contributed by atoms with Gasteiger partial charge in [-0.15, -0.1) is 0 Å². The lowest BCUT2D eigenvalue weighted by molar-refractivity contribution is 0.519. The van der Waals surface area contributed by atoms with Crippen molar-refractivity contribution >= 4 is 0 Å². The highest BCUT2D eigenvalue weighted by atomic mass is 15.0. The molecule has 0 saturated heterocycles. The minimum Gasteiger partial charge on any atom is -0.310 e. The Morgan fingerprint density at radius 1 is 1.40 bits per heavy atom. The number of rotatable bonds is 0. The summed E-state index contributed by atoms with van der Waals surface area (Å²) >= 11 is 0. The first kappa shape index (κ1) is 7.51. The van der Waals surface area contributed by atoms with E-state index in [9.17, 15) is 0 Å². The van der Waals surface area contributed by atoms with E-state index in [-0.39, 0.29) is 0 Å². The lowest BCUT2D eigenvalue weighted by Gasteiger charge is -2.27. The highest BCUT2D eigenvalue weighted by molar-refractivity contribution is 5.32. The molecule has 1 aliphatic carbocycles. The molecule has 10 heavy (non-hydrogen) atoms. The summed E-state index contributed by atoms with van der Waals surface area (Å²) in [6.07, 6.45) is 4.84. The van der Waals surface area contributed by atoms with Gasteiger partial charge in [0.25, 0.3) is 0 Å². The zero-order chi connectivity index (χ0) is 7.78. The second-order valence-electron chi connectivity index (χ2n) is 3.02. The molecule has 0 atom stereocenters. The van der Waals surface area contributed by atoms with Crippen molar-refractivity contribution in [2.24, 2.45) is 11.5 Å². The Morgan fingerprint density at radius 3 is 2.40 bits per heavy atom. The molecule has 0 saturated carbocycles. The molecular weight excluding hydrogens is 124 g/mol. The molecule has 56 valence electrons. The molecule has 2 nitrogen and oxygen atoms in total. The van der Waals surface area contributed by atoms with E-state index in [1.165, 1.54) is 5.57 Å². The molecule has 0 aromatic carbocycles. The van der Waals surface area contributed by atoms with E-state index < -0.39 is 5.66 Å². The van der Waals surface area contributed by atoms with Gasteiger partial charge in [-0.1, -0.05) is 17.7 Å². The molecule has 4 N–H and O–H groups in total. The van der Waals surface area contributed by atoms with E-state index in [1.807, 2.05) is 13.0 Å². The van der Waals surface area contributed by atoms with Crippen LogP contribution in [0.1, 0.15) is 20.3 Å². The molecule has 2 heteroatoms. The first-order valence-corrected chi connectivity index (χ1v) is 3.46. The molecule has 0 unspecified atom stereocenters. The molecule has 1 aliphatic rings. The molecule has 0 bridgehead atoms. The SMILES string of the molecule is CC1=CCC(N)(N)C(C)=C1. The zero-order valence-electron chi connectivity index (χ0n) is 6.52. The Hall–Kier alpha value is -0.600. The van der Waals surface area contributed by atoms with E-state index in [0.29, 0.717) is 0 Å². The molecule has 0 radical (unpaired) electrons. The van der Waals surface area contributed by atoms with Crippen molar-refractivity contribution < 1.29 is 0 Å². The quantitative estimate of drug-likeness (QED) is 0.488. The van der Waals surface area contributed by atoms with Gasteiger partial charge in [0.05, 0.1) is 5.66 Å². The highest BCUT2D eigenvalue weighted by Gasteiger charge is 2.21. The Kier molecular flexibility index (Phi) is 1.67. The van der Waals surface area contributed by atoms with Crippen molar-refractivity contribution in [1.82, 2.24) is 0 Å². The summed E-state index contributed by atoms with van der Waals surface area (Å²) in [4.78, 5) is 0. The van der Waals surface area contributed by atoms with Gasteiger partial charge in [-0.2, -0.15) is 0 Å². The lowest BCUT2D eigenvalue weighted by Crippen LogP contribution is -2.50. The average Bonchev–Trinajstić information content (AvgIpc) is 1.81. The second-order valence-corrected chi connectivity index (χ2v) is 3.02. The fourth-order valence-corrected chi connectivity index (χ4v) is 1.03. The second kappa shape index (κ2) is 2.22. The minimum absolute atomic E-state index is 0.598. The van der Waals surface area contributed by atoms with E-state index in [2.05, 4.69) is 13.0 Å². The van der Waals surface area contributed by atoms with E-state index in [0.717, 1.165) is 12.0 Å². The third kappa shape index (κ3) is 1.28. The number of hydrogen-bond donors (Lipinski definition) is 2. The molecule has 1 rings (SSSR count). The van der Waals surface area contributed by atoms with Gasteiger partial charge >= 0.3 is 0 Å². The summed E-state index contributed by atoms with van der Waals surface area (Å²) in [7, 11) is 0. The third-order valence-corrected chi connectivity index (χ3v) is 1.94. The van der Waals surface area contributed by atoms with Gasteiger partial charge in [-0.3, -0.25) is 0 Å². The molecule has 0 aliphatic heterocycles. The van der Waals surface area contributed by atoms with Gasteiger partial charge in [0, 0.05) is 6.42 Å². The maximum atomic E-state index is 5.75. The van der Waals surface area contributed by atoms with Gasteiger partial charge in [0.2, 0.25) is 0 Å². The Balaban J connectivity index is 2.88. The number of allylic oxidation sites excluding steroid dienone is 2. The molecule has 0 amide bonds. The summed E-state index contributed by atoms with van der Waals surface area (Å²) in [6.45, 7) is 4.02. The van der Waals surface area contributed by atoms with Gasteiger partial charge in [-0.25, -0.2) is 0 Å². The molecule has 0 aromatic heterocycles. The largest absolute Gasteiger partial charge is 0.310 e. The van der Waals surface area contributed by atoms with Gasteiger partial charge in [-0.05, 0) is 19.4 Å². The van der Waals surface area contributed by atoms with E-state index in [1.54, 1.807) is 0 Å². The first-order chi connectivity index (χ1) is 4.52. The molecule has 0 fully saturated rings. The van der Waals surface area contributed by atoms with Crippen molar-refractivity contribution in [3.05, 3.63) is 23.3 Å². The molecule has 0 aromatic rings. The number of hydrogen-bond acceptors (Lipinski definition) is 2. The van der Waals surface area contributed by atoms with Gasteiger partial charge in [0.15, 0.2) is 0 Å². The summed E-state index contributed by atoms with van der Waals surface area (Å²) in [5.41, 5.74) is 13.2. The average molecular weight is 138 g/mol. The topological polar surface area (TPSA) is 52.0 Å². The van der Waals surface area contributed by atoms with Crippen LogP contribution in [-0.2, 0) is 0 Å². The van der Waals surface area contributed by atoms with Crippen LogP contribution < -0.4 is 11.5 Å². The third-order valence-electron chi connectivity index (χ3n) is 1.94. The van der Waals surface area contributed by atoms with Crippen molar-refractivity contribution in [2.45, 2.75) is 25.9 Å². The fraction of sp³-hybridized carbons (Fsp3) is 0.500. The van der Waals surface area contributed by atoms with Crippen LogP contribution in [0.25, 0.3) is 0 Å². The van der Waals surface area contributed by atoms with Gasteiger partial charge in [0.1, 0.15) is 0 Å². The van der Waals surface area contributed by atoms with Crippen molar-refractivity contribution in [1.29, 1.82) is 0 Å². The smallest absolute Gasteiger partial charge is 0.0894 e. The van der Waals surface area contributed by atoms with Gasteiger partial charge < -0.3 is 11.5 Å². The Labute approximate surface area is 61.6 Å². The Morgan fingerprint density at radius 2 is 2.00 bits per heavy atom. The van der Waals surface area contributed by atoms with Crippen LogP contribution >= 0.6 is 0 Å². The van der Waals surface area contributed by atoms with Crippen LogP contribution in [0.4, 0.5) is 0 Å². The molecule has 0 heterocycles. The summed E-state index contributed by atoms with van der Waals surface area (Å²) in [5, 5.41) is 0. The fourth-order valence-electron chi connectivity index (χ4n) is 1.03. The van der Waals surface area contributed by atoms with Crippen LogP contribution in [0.2, 0.25) is 0 Å². The van der Waals surface area contributed by atoms with Crippen molar-refractivity contribution in [2.75, 3.05) is 0 Å². The van der Waals surface area contributed by atoms with Crippen molar-refractivity contribution in [3.8, 4) is 0 Å². The van der Waals surface area contributed by atoms with Crippen LogP contribution in [0, 0.1) is 0 Å². The Bertz CT molecular complexity index is 199. The number of nitrogens with two attached hydrogens (primary N) is 2. The standard InChI is InChI=1S/C8H14N2/c1-6-3-4-8(9,10)7(2)5-6/h3,5H,4,9-10H2,1-2H3. The van der Waals surface area contributed by atoms with Crippen LogP contribution in [0.5, 0.6) is 0 Å². The van der Waals surface area contributed by atoms with E-state index in [4.69, 9.17) is 11.5 Å². The maximum absolute atomic E-state index is 5.75. The monoisotopic (exact) mass is 138 g/mol. The van der Waals surface area contributed by atoms with Crippen molar-refractivity contribution in [3.63, 3.8) is 0 Å². The van der Waals surface area contributed by atoms with Crippen LogP contribution in [0.15, 0.2) is 23.3 Å². The first-order valence-electron chi connectivity index (χ1n) is 3.46. The minimum atomic E-state index is -0.598. The van der Waals surface area contributed by atoms with Crippen LogP contribution in [0.3, 0.4) is 0 Å². The zero-order valence-corrected chi connectivity index (χ0v) is 6.52. The molecular formula is C8H14N2. The summed E-state index contributed by atoms with van der Waals surface area (Å²) in [6, 6.07) is 0. The van der Waals surface area contributed by atoms with Crippen LogP contribution in [-0.4, -0.2) is 5.66 Å². The molecule has 0 spiro atoms. The normalized spacial score (nSPS) is 23.6. The predicted octanol–water partition coefficient (Wildman–Crippen LogP) is 0.896. The summed E-state index contributed by atoms with van der Waals surface area (Å²) < 4.78 is 0. The van der Waals surface area contributed by atoms with E-state index >= 15 is 0 Å². The lowest BCUT2D eigenvalue weighted by atomic mass is 9.91.